The molecule has 0 saturated heterocycles. The van der Waals surface area contributed by atoms with Crippen molar-refractivity contribution in [2.45, 2.75) is 71.1 Å². The molecule has 0 aliphatic heterocycles. The van der Waals surface area contributed by atoms with Crippen LogP contribution in [0, 0.1) is 5.92 Å². The van der Waals surface area contributed by atoms with E-state index in [1.807, 2.05) is 20.8 Å². The predicted molar refractivity (Wildman–Crippen MR) is 110 cm³/mol. The van der Waals surface area contributed by atoms with Crippen LogP contribution in [0.5, 0.6) is 0 Å². The number of rotatable bonds is 7. The summed E-state index contributed by atoms with van der Waals surface area (Å²) in [5, 5.41) is 15.6. The van der Waals surface area contributed by atoms with Crippen molar-refractivity contribution in [2.75, 3.05) is 5.75 Å². The van der Waals surface area contributed by atoms with Crippen molar-refractivity contribution in [1.82, 2.24) is 25.5 Å². The van der Waals surface area contributed by atoms with E-state index in [9.17, 15) is 4.79 Å². The lowest BCUT2D eigenvalue weighted by Crippen LogP contribution is -2.33. The zero-order chi connectivity index (χ0) is 20.2. The molecule has 2 aromatic rings. The van der Waals surface area contributed by atoms with E-state index in [-0.39, 0.29) is 23.2 Å². The molecule has 148 valence electrons. The molecule has 0 aliphatic carbocycles. The van der Waals surface area contributed by atoms with E-state index in [1.165, 1.54) is 17.3 Å². The van der Waals surface area contributed by atoms with Gasteiger partial charge in [-0.25, -0.2) is 4.68 Å². The minimum absolute atomic E-state index is 0.0158. The zero-order valence-electron chi connectivity index (χ0n) is 17.4. The first-order valence-corrected chi connectivity index (χ1v) is 10.4. The molecule has 0 bridgehead atoms. The number of aromatic nitrogens is 4. The summed E-state index contributed by atoms with van der Waals surface area (Å²) < 4.78 is 1.75. The molecule has 27 heavy (non-hydrogen) atoms. The van der Waals surface area contributed by atoms with E-state index < -0.39 is 0 Å². The predicted octanol–water partition coefficient (Wildman–Crippen LogP) is 4.16. The summed E-state index contributed by atoms with van der Waals surface area (Å²) in [5.74, 6) is 1.05. The number of benzene rings is 1. The number of hydrogen-bond donors (Lipinski definition) is 1. The monoisotopic (exact) mass is 389 g/mol. The van der Waals surface area contributed by atoms with Gasteiger partial charge in [0.25, 0.3) is 0 Å². The number of carbonyl (C=O) groups is 1. The van der Waals surface area contributed by atoms with Gasteiger partial charge in [-0.05, 0) is 54.2 Å². The normalized spacial score (nSPS) is 13.2. The highest BCUT2D eigenvalue weighted by molar-refractivity contribution is 7.99. The average molecular weight is 390 g/mol. The molecular weight excluding hydrogens is 358 g/mol. The number of carbonyl (C=O) groups excluding carboxylic acids is 1. The fourth-order valence-electron chi connectivity index (χ4n) is 2.76. The van der Waals surface area contributed by atoms with Gasteiger partial charge >= 0.3 is 0 Å². The number of nitrogens with one attached hydrogen (secondary N) is 1. The highest BCUT2D eigenvalue weighted by Crippen LogP contribution is 2.25. The lowest BCUT2D eigenvalue weighted by atomic mass is 9.93. The Morgan fingerprint density at radius 2 is 1.70 bits per heavy atom. The lowest BCUT2D eigenvalue weighted by Gasteiger charge is -2.23. The number of thioether (sulfide) groups is 1. The van der Waals surface area contributed by atoms with Crippen LogP contribution >= 0.6 is 11.8 Å². The summed E-state index contributed by atoms with van der Waals surface area (Å²) in [4.78, 5) is 12.6. The Kier molecular flexibility index (Phi) is 7.03. The first-order chi connectivity index (χ1) is 12.6. The summed E-state index contributed by atoms with van der Waals surface area (Å²) >= 11 is 1.36. The first kappa shape index (κ1) is 21.4. The Bertz CT molecular complexity index is 746. The summed E-state index contributed by atoms with van der Waals surface area (Å²) in [7, 11) is 0. The highest BCUT2D eigenvalue weighted by atomic mass is 32.2. The molecule has 0 saturated carbocycles. The fourth-order valence-corrected chi connectivity index (χ4v) is 3.63. The summed E-state index contributed by atoms with van der Waals surface area (Å²) in [6, 6.07) is 8.51. The number of tetrazole rings is 1. The van der Waals surface area contributed by atoms with Gasteiger partial charge in [0.2, 0.25) is 11.1 Å². The Hall–Kier alpha value is -1.89. The largest absolute Gasteiger partial charge is 0.348 e. The molecule has 2 rings (SSSR count). The Labute approximate surface area is 166 Å². The molecular formula is C20H31N5OS. The van der Waals surface area contributed by atoms with Crippen molar-refractivity contribution < 1.29 is 4.79 Å². The standard InChI is InChI=1S/C20H31N5OS/c1-13(2)15-8-10-16(11-9-15)18(14(3)4)21-17(26)12-27-19-22-23-24-25(19)20(5,6)7/h8-11,13-14,18H,12H2,1-7H3,(H,21,26)/t18-/m1/s1. The van der Waals surface area contributed by atoms with Gasteiger partial charge < -0.3 is 5.32 Å². The van der Waals surface area contributed by atoms with E-state index in [4.69, 9.17) is 0 Å². The van der Waals surface area contributed by atoms with Crippen molar-refractivity contribution in [1.29, 1.82) is 0 Å². The third-order valence-electron chi connectivity index (χ3n) is 4.35. The Morgan fingerprint density at radius 3 is 2.22 bits per heavy atom. The van der Waals surface area contributed by atoms with Crippen LogP contribution in [0.4, 0.5) is 0 Å². The van der Waals surface area contributed by atoms with Crippen LogP contribution in [0.2, 0.25) is 0 Å². The quantitative estimate of drug-likeness (QED) is 0.720. The molecule has 1 aromatic heterocycles. The van der Waals surface area contributed by atoms with Crippen LogP contribution in [0.1, 0.15) is 71.6 Å². The summed E-state index contributed by atoms with van der Waals surface area (Å²) in [5.41, 5.74) is 2.21. The van der Waals surface area contributed by atoms with Gasteiger partial charge in [-0.15, -0.1) is 5.10 Å². The third kappa shape index (κ3) is 5.79. The molecule has 1 aromatic carbocycles. The first-order valence-electron chi connectivity index (χ1n) is 9.40. The van der Waals surface area contributed by atoms with Gasteiger partial charge in [-0.1, -0.05) is 63.7 Å². The number of hydrogen-bond acceptors (Lipinski definition) is 5. The Morgan fingerprint density at radius 1 is 1.11 bits per heavy atom. The summed E-state index contributed by atoms with van der Waals surface area (Å²) in [6.45, 7) is 14.7. The Balaban J connectivity index is 2.02. The molecule has 6 nitrogen and oxygen atoms in total. The molecule has 1 N–H and O–H groups in total. The topological polar surface area (TPSA) is 72.7 Å². The maximum atomic E-state index is 12.6. The van der Waals surface area contributed by atoms with Crippen molar-refractivity contribution in [2.24, 2.45) is 5.92 Å². The van der Waals surface area contributed by atoms with Gasteiger partial charge in [0, 0.05) is 0 Å². The maximum absolute atomic E-state index is 12.6. The molecule has 7 heteroatoms. The molecule has 0 radical (unpaired) electrons. The van der Waals surface area contributed by atoms with Crippen molar-refractivity contribution in [3.8, 4) is 0 Å². The number of nitrogens with zero attached hydrogens (tertiary/aromatic N) is 4. The minimum atomic E-state index is -0.221. The zero-order valence-corrected chi connectivity index (χ0v) is 18.2. The third-order valence-corrected chi connectivity index (χ3v) is 5.27. The summed E-state index contributed by atoms with van der Waals surface area (Å²) in [6.07, 6.45) is 0. The van der Waals surface area contributed by atoms with Gasteiger partial charge in [0.15, 0.2) is 0 Å². The van der Waals surface area contributed by atoms with Crippen molar-refractivity contribution in [3.05, 3.63) is 35.4 Å². The minimum Gasteiger partial charge on any atom is -0.348 e. The second-order valence-corrected chi connectivity index (χ2v) is 9.39. The van der Waals surface area contributed by atoms with Crippen LogP contribution in [0.15, 0.2) is 29.4 Å². The second-order valence-electron chi connectivity index (χ2n) is 8.44. The van der Waals surface area contributed by atoms with Crippen LogP contribution in [0.25, 0.3) is 0 Å². The van der Waals surface area contributed by atoms with Crippen molar-refractivity contribution >= 4 is 17.7 Å². The van der Waals surface area contributed by atoms with E-state index in [0.29, 0.717) is 17.0 Å². The molecule has 1 heterocycles. The van der Waals surface area contributed by atoms with Crippen LogP contribution in [-0.2, 0) is 10.3 Å². The second kappa shape index (κ2) is 8.87. The van der Waals surface area contributed by atoms with E-state index >= 15 is 0 Å². The SMILES string of the molecule is CC(C)c1ccc([C@H](NC(=O)CSc2nnnn2C(C)(C)C)C(C)C)cc1. The molecule has 0 fully saturated rings. The van der Waals surface area contributed by atoms with Gasteiger partial charge in [-0.3, -0.25) is 4.79 Å². The fraction of sp³-hybridized carbons (Fsp3) is 0.600. The van der Waals surface area contributed by atoms with E-state index in [0.717, 1.165) is 5.56 Å². The highest BCUT2D eigenvalue weighted by Gasteiger charge is 2.22. The molecule has 0 aliphatic rings. The van der Waals surface area contributed by atoms with Crippen LogP contribution < -0.4 is 5.32 Å². The van der Waals surface area contributed by atoms with Crippen LogP contribution in [0.3, 0.4) is 0 Å². The molecule has 1 amide bonds. The van der Waals surface area contributed by atoms with Gasteiger partial charge in [-0.2, -0.15) is 0 Å². The van der Waals surface area contributed by atoms with Crippen molar-refractivity contribution in [3.63, 3.8) is 0 Å². The van der Waals surface area contributed by atoms with Gasteiger partial charge in [0.1, 0.15) is 0 Å². The smallest absolute Gasteiger partial charge is 0.230 e. The molecule has 0 unspecified atom stereocenters. The molecule has 0 spiro atoms. The van der Waals surface area contributed by atoms with Gasteiger partial charge in [0.05, 0.1) is 17.3 Å². The average Bonchev–Trinajstić information content (AvgIpc) is 3.06. The number of amides is 1. The van der Waals surface area contributed by atoms with Crippen LogP contribution in [-0.4, -0.2) is 31.9 Å². The lowest BCUT2D eigenvalue weighted by molar-refractivity contribution is -0.119. The molecule has 1 atom stereocenters. The van der Waals surface area contributed by atoms with E-state index in [2.05, 4.69) is 72.8 Å². The van der Waals surface area contributed by atoms with E-state index in [1.54, 1.807) is 4.68 Å². The maximum Gasteiger partial charge on any atom is 0.230 e.